The number of aryl methyl sites for hydroxylation is 4. The Kier molecular flexibility index (Phi) is 19.7. The van der Waals surface area contributed by atoms with Crippen LogP contribution >= 0.6 is 15.9 Å². The van der Waals surface area contributed by atoms with Gasteiger partial charge in [-0.3, -0.25) is 0 Å². The van der Waals surface area contributed by atoms with Crippen molar-refractivity contribution in [2.75, 3.05) is 0 Å². The third-order valence-corrected chi connectivity index (χ3v) is 10.5. The van der Waals surface area contributed by atoms with Crippen molar-refractivity contribution in [3.05, 3.63) is 110 Å². The van der Waals surface area contributed by atoms with Gasteiger partial charge in [-0.25, -0.2) is 35.1 Å². The highest BCUT2D eigenvalue weighted by Gasteiger charge is 2.28. The van der Waals surface area contributed by atoms with E-state index in [1.807, 2.05) is 72.2 Å². The van der Waals surface area contributed by atoms with Gasteiger partial charge >= 0.3 is 7.12 Å². The number of hydrogen-bond donors (Lipinski definition) is 2. The van der Waals surface area contributed by atoms with Crippen LogP contribution in [0.15, 0.2) is 40.9 Å². The zero-order chi connectivity index (χ0) is 44.3. The highest BCUT2D eigenvalue weighted by Crippen LogP contribution is 2.39. The zero-order valence-electron chi connectivity index (χ0n) is 34.8. The molecular weight excluding hydrogens is 867 g/mol. The lowest BCUT2D eigenvalue weighted by Gasteiger charge is -2.24. The van der Waals surface area contributed by atoms with Crippen LogP contribution in [0.4, 0.5) is 35.1 Å². The van der Waals surface area contributed by atoms with Gasteiger partial charge in [0.25, 0.3) is 0 Å². The number of benzene rings is 4. The monoisotopic (exact) mass is 920 g/mol. The maximum Gasteiger partial charge on any atom is 0.491 e. The average molecular weight is 922 g/mol. The summed E-state index contributed by atoms with van der Waals surface area (Å²) in [5, 5.41) is 17.5. The Morgan fingerprint density at radius 3 is 1.33 bits per heavy atom. The molecule has 4 aromatic rings. The van der Waals surface area contributed by atoms with Crippen LogP contribution < -0.4 is 14.3 Å². The molecule has 0 atom stereocenters. The third-order valence-electron chi connectivity index (χ3n) is 8.24. The van der Waals surface area contributed by atoms with E-state index in [9.17, 15) is 30.7 Å². The number of halogens is 9. The van der Waals surface area contributed by atoms with Crippen molar-refractivity contribution in [1.29, 1.82) is 0 Å². The Bertz CT molecular complexity index is 2010. The maximum absolute atomic E-state index is 15.1. The summed E-state index contributed by atoms with van der Waals surface area (Å²) in [6, 6.07) is 8.98. The first-order chi connectivity index (χ1) is 26.9. The Morgan fingerprint density at radius 1 is 0.483 bits per heavy atom. The van der Waals surface area contributed by atoms with E-state index in [-0.39, 0.29) is 46.7 Å². The molecule has 4 nitrogen and oxygen atoms in total. The molecule has 0 saturated carbocycles. The van der Waals surface area contributed by atoms with Crippen LogP contribution in [0, 0.1) is 46.5 Å². The Labute approximate surface area is 348 Å². The van der Waals surface area contributed by atoms with Gasteiger partial charge in [0.15, 0.2) is 52.3 Å². The molecule has 0 fully saturated rings. The van der Waals surface area contributed by atoms with E-state index in [0.717, 1.165) is 30.9 Å². The molecule has 0 aliphatic heterocycles. The molecule has 0 aliphatic rings. The molecule has 0 spiro atoms. The Morgan fingerprint density at radius 2 is 0.879 bits per heavy atom. The summed E-state index contributed by atoms with van der Waals surface area (Å²) in [6.45, 7) is 19.3. The van der Waals surface area contributed by atoms with Crippen LogP contribution in [0.1, 0.15) is 75.6 Å². The van der Waals surface area contributed by atoms with E-state index in [1.165, 1.54) is 12.1 Å². The standard InChI is InChI=1S/C21H26F4OSi.C12H18BrFOSi.C9H10BF3O2/c1-6-8-13-10-11-15(21(18(13)23)26-27(3,4)5)16-12-14(9-7-2)17(22)20(25)19(16)24;1-5-6-9-7-8-10(13)12(11(9)14)15-16(2,3)4;1-2-3-5-4-6(10(14)15)8(12)9(13)7(5)11/h10-12H,6-9H2,1-5H3;7-8H,5-6H2,1-4H3;4,14-15H,2-3H2,1H3. The number of rotatable bonds is 14. The summed E-state index contributed by atoms with van der Waals surface area (Å²) in [6.07, 6.45) is 4.52. The fraction of sp³-hybridized carbons (Fsp3) is 0.429. The van der Waals surface area contributed by atoms with Crippen LogP contribution in [-0.2, 0) is 25.7 Å². The Hall–Kier alpha value is -3.18. The molecule has 0 unspecified atom stereocenters. The first kappa shape index (κ1) is 51.0. The van der Waals surface area contributed by atoms with Crippen LogP contribution in [0.25, 0.3) is 11.1 Å². The van der Waals surface area contributed by atoms with Gasteiger partial charge in [-0.15, -0.1) is 0 Å². The first-order valence-electron chi connectivity index (χ1n) is 19.3. The van der Waals surface area contributed by atoms with Crippen LogP contribution in [-0.4, -0.2) is 33.8 Å². The quantitative estimate of drug-likeness (QED) is 0.0752. The summed E-state index contributed by atoms with van der Waals surface area (Å²) in [4.78, 5) is 0. The molecule has 16 heteroatoms. The Balaban J connectivity index is 0.000000321. The second kappa shape index (κ2) is 22.4. The number of hydrogen-bond acceptors (Lipinski definition) is 4. The van der Waals surface area contributed by atoms with Crippen LogP contribution in [0.2, 0.25) is 39.3 Å². The minimum Gasteiger partial charge on any atom is -0.542 e. The highest BCUT2D eigenvalue weighted by molar-refractivity contribution is 9.10. The summed E-state index contributed by atoms with van der Waals surface area (Å²) in [5.41, 5.74) is 0.515. The SMILES string of the molecule is CCCc1cc(-c2ccc(CCC)c(F)c2O[Si](C)(C)C)c(F)c(F)c1F.CCCc1cc(B(O)O)c(F)c(F)c1F.CCCc1ccc(Br)c(O[Si](C)(C)C)c1F. The zero-order valence-corrected chi connectivity index (χ0v) is 38.4. The predicted octanol–water partition coefficient (Wildman–Crippen LogP) is 12.5. The summed E-state index contributed by atoms with van der Waals surface area (Å²) < 4.78 is 123. The molecule has 4 aromatic carbocycles. The molecule has 0 bridgehead atoms. The molecule has 58 heavy (non-hydrogen) atoms. The van der Waals surface area contributed by atoms with Gasteiger partial charge in [-0.05, 0) is 115 Å². The van der Waals surface area contributed by atoms with Crippen molar-refractivity contribution in [3.8, 4) is 22.6 Å². The van der Waals surface area contributed by atoms with E-state index in [0.29, 0.717) is 35.0 Å². The van der Waals surface area contributed by atoms with Crippen molar-refractivity contribution < 1.29 is 54.0 Å². The highest BCUT2D eigenvalue weighted by atomic mass is 79.9. The van der Waals surface area contributed by atoms with E-state index in [4.69, 9.17) is 18.9 Å². The summed E-state index contributed by atoms with van der Waals surface area (Å²) >= 11 is 3.34. The average Bonchev–Trinajstić information content (AvgIpc) is 3.13. The van der Waals surface area contributed by atoms with Gasteiger partial charge in [0, 0.05) is 16.6 Å². The summed E-state index contributed by atoms with van der Waals surface area (Å²) in [5.74, 6) is -8.99. The minimum atomic E-state index is -2.24. The smallest absolute Gasteiger partial charge is 0.491 e. The first-order valence-corrected chi connectivity index (χ1v) is 26.9. The lowest BCUT2D eigenvalue weighted by atomic mass is 9.78. The van der Waals surface area contributed by atoms with Crippen LogP contribution in [0.3, 0.4) is 0 Å². The molecule has 0 amide bonds. The predicted molar refractivity (Wildman–Crippen MR) is 226 cm³/mol. The van der Waals surface area contributed by atoms with Crippen molar-refractivity contribution in [1.82, 2.24) is 0 Å². The molecular formula is C42H54BBrF8O4Si2. The largest absolute Gasteiger partial charge is 0.542 e. The van der Waals surface area contributed by atoms with E-state index >= 15 is 4.39 Å². The second-order valence-corrected chi connectivity index (χ2v) is 25.4. The van der Waals surface area contributed by atoms with E-state index in [2.05, 4.69) is 15.9 Å². The van der Waals surface area contributed by atoms with Crippen molar-refractivity contribution >= 4 is 45.1 Å². The van der Waals surface area contributed by atoms with Gasteiger partial charge in [0.2, 0.25) is 16.6 Å². The van der Waals surface area contributed by atoms with Crippen molar-refractivity contribution in [2.24, 2.45) is 0 Å². The molecule has 0 radical (unpaired) electrons. The fourth-order valence-electron chi connectivity index (χ4n) is 5.73. The molecule has 0 saturated heterocycles. The van der Waals surface area contributed by atoms with Gasteiger partial charge in [-0.2, -0.15) is 0 Å². The van der Waals surface area contributed by atoms with Gasteiger partial charge in [0.05, 0.1) is 4.47 Å². The van der Waals surface area contributed by atoms with E-state index in [1.54, 1.807) is 13.0 Å². The van der Waals surface area contributed by atoms with Crippen molar-refractivity contribution in [3.63, 3.8) is 0 Å². The topological polar surface area (TPSA) is 58.9 Å². The normalized spacial score (nSPS) is 11.4. The van der Waals surface area contributed by atoms with E-state index < -0.39 is 69.9 Å². The van der Waals surface area contributed by atoms with Crippen molar-refractivity contribution in [2.45, 2.75) is 118 Å². The molecule has 4 rings (SSSR count). The molecule has 0 aliphatic carbocycles. The summed E-state index contributed by atoms with van der Waals surface area (Å²) in [7, 11) is -6.16. The van der Waals surface area contributed by atoms with Gasteiger partial charge < -0.3 is 18.9 Å². The second-order valence-electron chi connectivity index (χ2n) is 15.7. The molecule has 320 valence electrons. The van der Waals surface area contributed by atoms with Gasteiger partial charge in [-0.1, -0.05) is 77.6 Å². The molecule has 0 aromatic heterocycles. The fourth-order valence-corrected chi connectivity index (χ4v) is 7.89. The third kappa shape index (κ3) is 14.0. The minimum absolute atomic E-state index is 0.0560. The molecule has 2 N–H and O–H groups in total. The molecule has 0 heterocycles. The maximum atomic E-state index is 15.1. The lowest BCUT2D eigenvalue weighted by molar-refractivity contribution is 0.413. The van der Waals surface area contributed by atoms with Gasteiger partial charge in [0.1, 0.15) is 5.75 Å². The van der Waals surface area contributed by atoms with Crippen LogP contribution in [0.5, 0.6) is 11.5 Å². The lowest BCUT2D eigenvalue weighted by Crippen LogP contribution is -2.34.